The number of thiocarbonyl (C=S) groups is 1. The molecule has 0 aromatic heterocycles. The number of alkyl halides is 3. The van der Waals surface area contributed by atoms with E-state index in [2.05, 4.69) is 22.3 Å². The molecule has 1 aliphatic rings. The van der Waals surface area contributed by atoms with E-state index in [-0.39, 0.29) is 6.61 Å². The van der Waals surface area contributed by atoms with Gasteiger partial charge in [-0.25, -0.2) is 0 Å². The fraction of sp³-hybridized carbons (Fsp3) is 0.429. The van der Waals surface area contributed by atoms with Gasteiger partial charge in [0.1, 0.15) is 5.92 Å². The minimum Gasteiger partial charge on any atom is -0.872 e. The highest BCUT2D eigenvalue weighted by Crippen LogP contribution is 2.44. The Hall–Kier alpha value is -2.67. The van der Waals surface area contributed by atoms with Crippen LogP contribution < -0.4 is 15.7 Å². The maximum atomic E-state index is 13.6. The maximum Gasteiger partial charge on any atom is 0.437 e. The van der Waals surface area contributed by atoms with E-state index in [4.69, 9.17) is 0 Å². The zero-order valence-electron chi connectivity index (χ0n) is 13.6. The van der Waals surface area contributed by atoms with E-state index < -0.39 is 56.9 Å². The van der Waals surface area contributed by atoms with Gasteiger partial charge in [0.2, 0.25) is 0 Å². The number of nitro groups is 1. The Morgan fingerprint density at radius 3 is 2.63 bits per heavy atom. The summed E-state index contributed by atoms with van der Waals surface area (Å²) < 4.78 is 45.3. The van der Waals surface area contributed by atoms with Crippen LogP contribution in [0.1, 0.15) is 18.5 Å². The van der Waals surface area contributed by atoms with E-state index in [0.717, 1.165) is 18.2 Å². The number of carbonyl (C=O) groups excluding carboxylic acids is 1. The van der Waals surface area contributed by atoms with E-state index in [1.165, 1.54) is 6.92 Å². The van der Waals surface area contributed by atoms with Crippen LogP contribution in [0.5, 0.6) is 5.75 Å². The molecule has 0 spiro atoms. The van der Waals surface area contributed by atoms with Gasteiger partial charge >= 0.3 is 12.1 Å². The van der Waals surface area contributed by atoms with Crippen molar-refractivity contribution < 1.29 is 37.8 Å². The van der Waals surface area contributed by atoms with Crippen LogP contribution in [-0.4, -0.2) is 39.6 Å². The van der Waals surface area contributed by atoms with E-state index >= 15 is 0 Å². The first-order valence-electron chi connectivity index (χ1n) is 7.42. The summed E-state index contributed by atoms with van der Waals surface area (Å²) in [6.07, 6.45) is -5.39. The SMILES string of the molecule is CCOC(=O)[C@@H]1[C@@H](c2cc([N+](=O)[O-])ccc2[O-])NC(=S)N[C@@]1(O)C(F)(F)F. The molecule has 2 rings (SSSR count). The number of carbonyl (C=O) groups is 1. The van der Waals surface area contributed by atoms with Crippen molar-refractivity contribution in [2.24, 2.45) is 5.92 Å². The number of non-ortho nitro benzene ring substituents is 1. The Kier molecular flexibility index (Phi) is 5.47. The number of nitro benzene ring substituents is 1. The number of esters is 1. The summed E-state index contributed by atoms with van der Waals surface area (Å²) in [5.74, 6) is -4.77. The lowest BCUT2D eigenvalue weighted by molar-refractivity contribution is -0.385. The standard InChI is InChI=1S/C14H14F3N3O6S/c1-2-26-11(22)9-10(7-5-6(20(24)25)3-4-8(7)21)18-12(27)19-13(9,23)14(15,16)17/h3-5,9-10,21,23H,2H2,1H3,(H2,18,19,27)/p-1/t9-,10+,13-/m0/s1. The van der Waals surface area contributed by atoms with E-state index in [9.17, 15) is 38.3 Å². The Morgan fingerprint density at radius 2 is 2.11 bits per heavy atom. The summed E-state index contributed by atoms with van der Waals surface area (Å²) in [6, 6.07) is 0.531. The molecular formula is C14H13F3N3O6S-. The van der Waals surface area contributed by atoms with Crippen LogP contribution in [0.15, 0.2) is 18.2 Å². The molecule has 13 heteroatoms. The van der Waals surface area contributed by atoms with E-state index in [1.807, 2.05) is 0 Å². The Morgan fingerprint density at radius 1 is 1.48 bits per heavy atom. The predicted molar refractivity (Wildman–Crippen MR) is 85.3 cm³/mol. The molecule has 3 N–H and O–H groups in total. The monoisotopic (exact) mass is 408 g/mol. The summed E-state index contributed by atoms with van der Waals surface area (Å²) in [7, 11) is 0. The van der Waals surface area contributed by atoms with Crippen molar-refractivity contribution in [1.29, 1.82) is 0 Å². The summed E-state index contributed by atoms with van der Waals surface area (Å²) in [5.41, 5.74) is -4.99. The number of nitrogens with zero attached hydrogens (tertiary/aromatic N) is 1. The molecule has 0 bridgehead atoms. The van der Waals surface area contributed by atoms with Crippen molar-refractivity contribution in [2.45, 2.75) is 24.9 Å². The van der Waals surface area contributed by atoms with Crippen LogP contribution in [0.25, 0.3) is 0 Å². The lowest BCUT2D eigenvalue weighted by Gasteiger charge is -2.46. The average molecular weight is 408 g/mol. The van der Waals surface area contributed by atoms with E-state index in [1.54, 1.807) is 5.32 Å². The van der Waals surface area contributed by atoms with Crippen LogP contribution in [0.3, 0.4) is 0 Å². The number of aliphatic hydroxyl groups is 1. The molecule has 1 saturated heterocycles. The number of hydrogen-bond acceptors (Lipinski definition) is 7. The molecule has 0 saturated carbocycles. The molecule has 1 heterocycles. The van der Waals surface area contributed by atoms with E-state index in [0.29, 0.717) is 0 Å². The van der Waals surface area contributed by atoms with Gasteiger partial charge in [0, 0.05) is 12.1 Å². The summed E-state index contributed by atoms with van der Waals surface area (Å²) in [4.78, 5) is 22.3. The van der Waals surface area contributed by atoms with Crippen LogP contribution >= 0.6 is 12.2 Å². The first kappa shape index (κ1) is 20.6. The molecule has 9 nitrogen and oxygen atoms in total. The minimum atomic E-state index is -5.39. The third-order valence-electron chi connectivity index (χ3n) is 3.89. The summed E-state index contributed by atoms with van der Waals surface area (Å²) in [5, 5.41) is 36.5. The average Bonchev–Trinajstić information content (AvgIpc) is 2.53. The molecule has 0 aliphatic carbocycles. The lowest BCUT2D eigenvalue weighted by atomic mass is 9.81. The number of rotatable bonds is 4. The second-order valence-electron chi connectivity index (χ2n) is 5.55. The molecule has 0 unspecified atom stereocenters. The topological polar surface area (TPSA) is 137 Å². The predicted octanol–water partition coefficient (Wildman–Crippen LogP) is 0.617. The van der Waals surface area contributed by atoms with Gasteiger partial charge in [-0.15, -0.1) is 5.75 Å². The molecule has 1 aliphatic heterocycles. The summed E-state index contributed by atoms with van der Waals surface area (Å²) in [6.45, 7) is 1.03. The highest BCUT2D eigenvalue weighted by Gasteiger charge is 2.66. The third-order valence-corrected chi connectivity index (χ3v) is 4.11. The Labute approximate surface area is 155 Å². The summed E-state index contributed by atoms with van der Waals surface area (Å²) >= 11 is 4.66. The van der Waals surface area contributed by atoms with Crippen molar-refractivity contribution in [2.75, 3.05) is 6.61 Å². The number of halogens is 3. The van der Waals surface area contributed by atoms with Gasteiger partial charge in [0.05, 0.1) is 17.6 Å². The number of nitrogens with one attached hydrogen (secondary N) is 2. The molecule has 1 aromatic carbocycles. The zero-order chi connectivity index (χ0) is 20.6. The minimum absolute atomic E-state index is 0.306. The van der Waals surface area contributed by atoms with Crippen molar-refractivity contribution in [3.05, 3.63) is 33.9 Å². The number of hydrogen-bond donors (Lipinski definition) is 3. The second kappa shape index (κ2) is 7.15. The normalized spacial score (nSPS) is 25.3. The Balaban J connectivity index is 2.68. The maximum absolute atomic E-state index is 13.6. The fourth-order valence-corrected chi connectivity index (χ4v) is 2.97. The first-order chi connectivity index (χ1) is 12.4. The van der Waals surface area contributed by atoms with Crippen molar-refractivity contribution in [3.8, 4) is 5.75 Å². The Bertz CT molecular complexity index is 790. The molecule has 27 heavy (non-hydrogen) atoms. The lowest BCUT2D eigenvalue weighted by Crippen LogP contribution is -2.73. The van der Waals surface area contributed by atoms with Gasteiger partial charge in [-0.2, -0.15) is 13.2 Å². The van der Waals surface area contributed by atoms with Crippen LogP contribution in [0.2, 0.25) is 0 Å². The molecule has 148 valence electrons. The number of benzene rings is 1. The quantitative estimate of drug-likeness (QED) is 0.283. The van der Waals surface area contributed by atoms with Crippen LogP contribution in [0, 0.1) is 16.0 Å². The molecular weight excluding hydrogens is 395 g/mol. The van der Waals surface area contributed by atoms with Crippen molar-refractivity contribution in [1.82, 2.24) is 10.6 Å². The van der Waals surface area contributed by atoms with Gasteiger partial charge < -0.3 is 25.6 Å². The van der Waals surface area contributed by atoms with Gasteiger partial charge in [0.25, 0.3) is 11.4 Å². The second-order valence-corrected chi connectivity index (χ2v) is 5.96. The molecule has 3 atom stereocenters. The first-order valence-corrected chi connectivity index (χ1v) is 7.83. The molecule has 1 aromatic rings. The number of ether oxygens (including phenoxy) is 1. The van der Waals surface area contributed by atoms with Gasteiger partial charge in [-0.1, -0.05) is 6.07 Å². The third kappa shape index (κ3) is 3.73. The highest BCUT2D eigenvalue weighted by atomic mass is 32.1. The largest absolute Gasteiger partial charge is 0.872 e. The smallest absolute Gasteiger partial charge is 0.437 e. The molecule has 1 fully saturated rings. The van der Waals surface area contributed by atoms with Gasteiger partial charge in [-0.05, 0) is 24.7 Å². The van der Waals surface area contributed by atoms with Crippen LogP contribution in [0.4, 0.5) is 18.9 Å². The van der Waals surface area contributed by atoms with Gasteiger partial charge in [0.15, 0.2) is 5.11 Å². The van der Waals surface area contributed by atoms with Crippen LogP contribution in [-0.2, 0) is 9.53 Å². The zero-order valence-corrected chi connectivity index (χ0v) is 14.4. The molecule has 0 radical (unpaired) electrons. The fourth-order valence-electron chi connectivity index (χ4n) is 2.69. The van der Waals surface area contributed by atoms with Crippen molar-refractivity contribution in [3.63, 3.8) is 0 Å². The van der Waals surface area contributed by atoms with Gasteiger partial charge in [-0.3, -0.25) is 14.9 Å². The highest BCUT2D eigenvalue weighted by molar-refractivity contribution is 7.80. The van der Waals surface area contributed by atoms with Crippen molar-refractivity contribution >= 4 is 29.0 Å². The molecule has 0 amide bonds.